The highest BCUT2D eigenvalue weighted by atomic mass is 35.5. The molecule has 0 bridgehead atoms. The summed E-state index contributed by atoms with van der Waals surface area (Å²) < 4.78 is 38.7. The Kier molecular flexibility index (Phi) is 8.06. The Balaban J connectivity index is 1.89. The molecule has 7 nitrogen and oxygen atoms in total. The van der Waals surface area contributed by atoms with Crippen molar-refractivity contribution in [2.75, 3.05) is 25.1 Å². The number of hydrogen-bond acceptors (Lipinski definition) is 5. The van der Waals surface area contributed by atoms with Gasteiger partial charge in [-0.2, -0.15) is 0 Å². The zero-order valence-corrected chi connectivity index (χ0v) is 21.0. The molecule has 0 radical (unpaired) electrons. The Morgan fingerprint density at radius 2 is 1.65 bits per heavy atom. The Labute approximate surface area is 205 Å². The van der Waals surface area contributed by atoms with E-state index in [1.54, 1.807) is 44.4 Å². The van der Waals surface area contributed by atoms with Crippen LogP contribution >= 0.6 is 11.6 Å². The van der Waals surface area contributed by atoms with Crippen molar-refractivity contribution in [3.05, 3.63) is 82.9 Å². The van der Waals surface area contributed by atoms with E-state index in [1.165, 1.54) is 31.4 Å². The molecule has 180 valence electrons. The first kappa shape index (κ1) is 25.4. The third-order valence-corrected chi connectivity index (χ3v) is 7.38. The molecule has 34 heavy (non-hydrogen) atoms. The second-order valence-electron chi connectivity index (χ2n) is 7.66. The van der Waals surface area contributed by atoms with Gasteiger partial charge in [0.2, 0.25) is 5.91 Å². The number of sulfonamides is 1. The van der Waals surface area contributed by atoms with E-state index in [0.717, 1.165) is 15.4 Å². The number of nitrogens with one attached hydrogen (secondary N) is 1. The molecule has 0 aliphatic rings. The van der Waals surface area contributed by atoms with Gasteiger partial charge in [0.1, 0.15) is 6.54 Å². The van der Waals surface area contributed by atoms with Crippen molar-refractivity contribution in [1.29, 1.82) is 0 Å². The number of amides is 1. The molecule has 3 aromatic carbocycles. The zero-order chi connectivity index (χ0) is 24.9. The van der Waals surface area contributed by atoms with Gasteiger partial charge in [-0.25, -0.2) is 8.42 Å². The minimum atomic E-state index is -4.03. The van der Waals surface area contributed by atoms with Crippen LogP contribution in [0.3, 0.4) is 0 Å². The van der Waals surface area contributed by atoms with Crippen molar-refractivity contribution in [3.8, 4) is 11.5 Å². The third-order valence-electron chi connectivity index (χ3n) is 5.36. The minimum absolute atomic E-state index is 0.0425. The zero-order valence-electron chi connectivity index (χ0n) is 19.4. The molecule has 3 aromatic rings. The van der Waals surface area contributed by atoms with E-state index in [0.29, 0.717) is 22.2 Å². The van der Waals surface area contributed by atoms with Gasteiger partial charge in [0.15, 0.2) is 11.5 Å². The van der Waals surface area contributed by atoms with Crippen LogP contribution in [0.2, 0.25) is 5.02 Å². The van der Waals surface area contributed by atoms with Crippen LogP contribution in [0.1, 0.15) is 24.1 Å². The molecule has 0 fully saturated rings. The van der Waals surface area contributed by atoms with Crippen LogP contribution < -0.4 is 19.1 Å². The number of ether oxygens (including phenoxy) is 2. The SMILES string of the molecule is COc1ccc(C(C)NC(=O)CN(c2ccccc2C)S(=O)(=O)c2ccc(Cl)cc2)cc1OC. The Hall–Kier alpha value is -3.23. The highest BCUT2D eigenvalue weighted by Crippen LogP contribution is 2.30. The lowest BCUT2D eigenvalue weighted by Crippen LogP contribution is -2.41. The van der Waals surface area contributed by atoms with Crippen molar-refractivity contribution in [3.63, 3.8) is 0 Å². The number of halogens is 1. The molecule has 0 saturated carbocycles. The summed E-state index contributed by atoms with van der Waals surface area (Å²) in [5, 5.41) is 3.29. The number of hydrogen-bond donors (Lipinski definition) is 1. The fraction of sp³-hybridized carbons (Fsp3) is 0.240. The van der Waals surface area contributed by atoms with Crippen LogP contribution in [0, 0.1) is 6.92 Å². The monoisotopic (exact) mass is 502 g/mol. The van der Waals surface area contributed by atoms with Gasteiger partial charge in [0.25, 0.3) is 10.0 Å². The maximum atomic E-state index is 13.5. The van der Waals surface area contributed by atoms with E-state index in [1.807, 2.05) is 19.1 Å². The minimum Gasteiger partial charge on any atom is -0.493 e. The van der Waals surface area contributed by atoms with Gasteiger partial charge in [0.05, 0.1) is 30.8 Å². The summed E-state index contributed by atoms with van der Waals surface area (Å²) in [6, 6.07) is 17.8. The Morgan fingerprint density at radius 1 is 1.00 bits per heavy atom. The quantitative estimate of drug-likeness (QED) is 0.457. The summed E-state index contributed by atoms with van der Waals surface area (Å²) >= 11 is 5.93. The van der Waals surface area contributed by atoms with Crippen molar-refractivity contribution in [1.82, 2.24) is 5.32 Å². The van der Waals surface area contributed by atoms with Crippen LogP contribution in [0.15, 0.2) is 71.6 Å². The Bertz CT molecular complexity index is 1260. The second-order valence-corrected chi connectivity index (χ2v) is 9.95. The van der Waals surface area contributed by atoms with Gasteiger partial charge in [0, 0.05) is 5.02 Å². The van der Waals surface area contributed by atoms with Crippen LogP contribution in [-0.4, -0.2) is 35.1 Å². The van der Waals surface area contributed by atoms with E-state index in [9.17, 15) is 13.2 Å². The van der Waals surface area contributed by atoms with Gasteiger partial charge in [-0.1, -0.05) is 35.9 Å². The van der Waals surface area contributed by atoms with Crippen LogP contribution in [0.5, 0.6) is 11.5 Å². The van der Waals surface area contributed by atoms with Gasteiger partial charge >= 0.3 is 0 Å². The predicted molar refractivity (Wildman–Crippen MR) is 133 cm³/mol. The lowest BCUT2D eigenvalue weighted by molar-refractivity contribution is -0.120. The van der Waals surface area contributed by atoms with Gasteiger partial charge < -0.3 is 14.8 Å². The molecular formula is C25H27ClN2O5S. The van der Waals surface area contributed by atoms with Crippen LogP contribution in [0.4, 0.5) is 5.69 Å². The number of anilines is 1. The van der Waals surface area contributed by atoms with Crippen molar-refractivity contribution < 1.29 is 22.7 Å². The summed E-state index contributed by atoms with van der Waals surface area (Å²) in [5.74, 6) is 0.653. The molecule has 1 unspecified atom stereocenters. The van der Waals surface area contributed by atoms with E-state index in [-0.39, 0.29) is 4.90 Å². The summed E-state index contributed by atoms with van der Waals surface area (Å²) in [7, 11) is -0.951. The number of benzene rings is 3. The summed E-state index contributed by atoms with van der Waals surface area (Å²) in [4.78, 5) is 13.1. The first-order valence-corrected chi connectivity index (χ1v) is 12.3. The molecule has 0 spiro atoms. The number of methoxy groups -OCH3 is 2. The molecule has 0 aromatic heterocycles. The standard InChI is InChI=1S/C25H27ClN2O5S/c1-17-7-5-6-8-22(17)28(34(30,31)21-12-10-20(26)11-13-21)16-25(29)27-18(2)19-9-14-23(32-3)24(15-19)33-4/h5-15,18H,16H2,1-4H3,(H,27,29). The normalized spacial score (nSPS) is 12.0. The smallest absolute Gasteiger partial charge is 0.264 e. The second kappa shape index (κ2) is 10.8. The topological polar surface area (TPSA) is 84.9 Å². The average molecular weight is 503 g/mol. The van der Waals surface area contributed by atoms with E-state index in [2.05, 4.69) is 5.32 Å². The number of rotatable bonds is 9. The molecule has 1 atom stereocenters. The van der Waals surface area contributed by atoms with Crippen molar-refractivity contribution >= 4 is 33.2 Å². The van der Waals surface area contributed by atoms with Crippen LogP contribution in [-0.2, 0) is 14.8 Å². The lowest BCUT2D eigenvalue weighted by Gasteiger charge is -2.26. The van der Waals surface area contributed by atoms with Crippen LogP contribution in [0.25, 0.3) is 0 Å². The highest BCUT2D eigenvalue weighted by molar-refractivity contribution is 7.92. The molecule has 1 amide bonds. The fourth-order valence-electron chi connectivity index (χ4n) is 3.50. The number of aryl methyl sites for hydroxylation is 1. The first-order chi connectivity index (χ1) is 16.2. The maximum Gasteiger partial charge on any atom is 0.264 e. The van der Waals surface area contributed by atoms with E-state index >= 15 is 0 Å². The third kappa shape index (κ3) is 5.63. The van der Waals surface area contributed by atoms with Crippen molar-refractivity contribution in [2.45, 2.75) is 24.8 Å². The molecule has 0 heterocycles. The van der Waals surface area contributed by atoms with Gasteiger partial charge in [-0.05, 0) is 67.4 Å². The molecular weight excluding hydrogens is 476 g/mol. The highest BCUT2D eigenvalue weighted by Gasteiger charge is 2.28. The van der Waals surface area contributed by atoms with E-state index < -0.39 is 28.5 Å². The number of carbonyl (C=O) groups is 1. The average Bonchev–Trinajstić information content (AvgIpc) is 2.82. The summed E-state index contributed by atoms with van der Waals surface area (Å²) in [6.07, 6.45) is 0. The molecule has 0 aliphatic carbocycles. The Morgan fingerprint density at radius 3 is 2.26 bits per heavy atom. The predicted octanol–water partition coefficient (Wildman–Crippen LogP) is 4.74. The fourth-order valence-corrected chi connectivity index (χ4v) is 5.11. The first-order valence-electron chi connectivity index (χ1n) is 10.5. The largest absolute Gasteiger partial charge is 0.493 e. The number of carbonyl (C=O) groups excluding carboxylic acids is 1. The molecule has 0 saturated heterocycles. The molecule has 3 rings (SSSR count). The number of nitrogens with zero attached hydrogens (tertiary/aromatic N) is 1. The molecule has 0 aliphatic heterocycles. The molecule has 1 N–H and O–H groups in total. The lowest BCUT2D eigenvalue weighted by atomic mass is 10.1. The van der Waals surface area contributed by atoms with Gasteiger partial charge in [-0.15, -0.1) is 0 Å². The van der Waals surface area contributed by atoms with E-state index in [4.69, 9.17) is 21.1 Å². The number of para-hydroxylation sites is 1. The molecule has 9 heteroatoms. The summed E-state index contributed by atoms with van der Waals surface area (Å²) in [5.41, 5.74) is 1.93. The van der Waals surface area contributed by atoms with Gasteiger partial charge in [-0.3, -0.25) is 9.10 Å². The summed E-state index contributed by atoms with van der Waals surface area (Å²) in [6.45, 7) is 3.21. The maximum absolute atomic E-state index is 13.5. The van der Waals surface area contributed by atoms with Crippen molar-refractivity contribution in [2.24, 2.45) is 0 Å².